The summed E-state index contributed by atoms with van der Waals surface area (Å²) in [5.41, 5.74) is 4.80. The summed E-state index contributed by atoms with van der Waals surface area (Å²) in [5.74, 6) is 0.460. The number of para-hydroxylation sites is 1. The van der Waals surface area contributed by atoms with Gasteiger partial charge in [0.1, 0.15) is 11.4 Å². The summed E-state index contributed by atoms with van der Waals surface area (Å²) in [4.78, 5) is 17.6. The maximum absolute atomic E-state index is 13.0. The Morgan fingerprint density at radius 3 is 2.76 bits per heavy atom. The highest BCUT2D eigenvalue weighted by molar-refractivity contribution is 6.35. The number of methoxy groups -OCH3 is 1. The first-order valence-corrected chi connectivity index (χ1v) is 11.5. The number of ether oxygens (including phenoxy) is 1. The molecule has 33 heavy (non-hydrogen) atoms. The Hall–Kier alpha value is -3.02. The average Bonchev–Trinajstić information content (AvgIpc) is 3.21. The Morgan fingerprint density at radius 2 is 1.97 bits per heavy atom. The van der Waals surface area contributed by atoms with Crippen molar-refractivity contribution in [3.05, 3.63) is 99.4 Å². The molecule has 7 heteroatoms. The van der Waals surface area contributed by atoms with E-state index in [0.29, 0.717) is 23.0 Å². The van der Waals surface area contributed by atoms with Gasteiger partial charge in [-0.05, 0) is 54.8 Å². The topological polar surface area (TPSA) is 55.6 Å². The molecule has 0 aliphatic rings. The summed E-state index contributed by atoms with van der Waals surface area (Å²) in [5, 5.41) is 4.22. The van der Waals surface area contributed by atoms with E-state index < -0.39 is 0 Å². The zero-order chi connectivity index (χ0) is 23.4. The molecule has 0 radical (unpaired) electrons. The summed E-state index contributed by atoms with van der Waals surface area (Å²) in [6.45, 7) is 2.51. The number of benzene rings is 2. The molecule has 0 spiro atoms. The van der Waals surface area contributed by atoms with Crippen LogP contribution in [0.4, 0.5) is 0 Å². The monoisotopic (exact) mass is 481 g/mol. The lowest BCUT2D eigenvalue weighted by atomic mass is 9.91. The van der Waals surface area contributed by atoms with Gasteiger partial charge in [-0.25, -0.2) is 4.98 Å². The number of carbonyl (C=O) groups excluding carboxylic acids is 1. The maximum Gasteiger partial charge on any atom is 0.221 e. The number of amides is 1. The third-order valence-corrected chi connectivity index (χ3v) is 6.28. The SMILES string of the molecule is COc1ccccc1C(CC(=O)NCCc1ccc(Cl)cc1Cl)c1cnc2cc(C)ccn12. The van der Waals surface area contributed by atoms with Gasteiger partial charge in [-0.3, -0.25) is 4.79 Å². The van der Waals surface area contributed by atoms with Crippen LogP contribution in [-0.4, -0.2) is 28.9 Å². The van der Waals surface area contributed by atoms with Crippen LogP contribution in [0.5, 0.6) is 5.75 Å². The van der Waals surface area contributed by atoms with E-state index in [0.717, 1.165) is 33.8 Å². The van der Waals surface area contributed by atoms with Gasteiger partial charge in [-0.15, -0.1) is 0 Å². The molecule has 1 N–H and O–H groups in total. The van der Waals surface area contributed by atoms with Gasteiger partial charge in [-0.1, -0.05) is 47.5 Å². The Kier molecular flexibility index (Phi) is 7.21. The van der Waals surface area contributed by atoms with Gasteiger partial charge in [0.15, 0.2) is 0 Å². The van der Waals surface area contributed by atoms with E-state index in [2.05, 4.69) is 10.3 Å². The standard InChI is InChI=1S/C26H25Cl2N3O2/c1-17-10-12-31-23(16-30-25(31)13-17)21(20-5-3-4-6-24(20)33-2)15-26(32)29-11-9-18-7-8-19(27)14-22(18)28/h3-8,10,12-14,16,21H,9,11,15H2,1-2H3,(H,29,32). The predicted molar refractivity (Wildman–Crippen MR) is 133 cm³/mol. The molecule has 170 valence electrons. The Bertz CT molecular complexity index is 1290. The second-order valence-corrected chi connectivity index (χ2v) is 8.79. The van der Waals surface area contributed by atoms with Crippen molar-refractivity contribution in [3.8, 4) is 5.75 Å². The number of imidazole rings is 1. The molecule has 4 rings (SSSR count). The zero-order valence-corrected chi connectivity index (χ0v) is 20.0. The number of pyridine rings is 1. The highest BCUT2D eigenvalue weighted by Crippen LogP contribution is 2.34. The lowest BCUT2D eigenvalue weighted by Crippen LogP contribution is -2.28. The Labute approximate surface area is 203 Å². The lowest BCUT2D eigenvalue weighted by Gasteiger charge is -2.20. The van der Waals surface area contributed by atoms with E-state index in [1.807, 2.05) is 66.2 Å². The van der Waals surface area contributed by atoms with E-state index in [4.69, 9.17) is 27.9 Å². The second-order valence-electron chi connectivity index (χ2n) is 7.95. The number of nitrogens with one attached hydrogen (secondary N) is 1. The number of rotatable bonds is 8. The van der Waals surface area contributed by atoms with Crippen molar-refractivity contribution in [2.75, 3.05) is 13.7 Å². The molecule has 5 nitrogen and oxygen atoms in total. The summed E-state index contributed by atoms with van der Waals surface area (Å²) < 4.78 is 7.64. The molecule has 0 aliphatic heterocycles. The molecule has 2 aromatic heterocycles. The van der Waals surface area contributed by atoms with Crippen LogP contribution in [0.15, 0.2) is 67.0 Å². The van der Waals surface area contributed by atoms with Crippen molar-refractivity contribution in [2.24, 2.45) is 0 Å². The summed E-state index contributed by atoms with van der Waals surface area (Å²) >= 11 is 12.2. The van der Waals surface area contributed by atoms with Crippen LogP contribution in [0.25, 0.3) is 5.65 Å². The first-order chi connectivity index (χ1) is 16.0. The number of hydrogen-bond acceptors (Lipinski definition) is 3. The van der Waals surface area contributed by atoms with Gasteiger partial charge < -0.3 is 14.5 Å². The normalized spacial score (nSPS) is 12.0. The smallest absolute Gasteiger partial charge is 0.221 e. The Morgan fingerprint density at radius 1 is 1.15 bits per heavy atom. The quantitative estimate of drug-likeness (QED) is 0.343. The molecule has 1 unspecified atom stereocenters. The summed E-state index contributed by atoms with van der Waals surface area (Å²) in [7, 11) is 1.64. The minimum atomic E-state index is -0.224. The molecule has 0 saturated heterocycles. The van der Waals surface area contributed by atoms with Gasteiger partial charge in [0.2, 0.25) is 5.91 Å². The van der Waals surface area contributed by atoms with E-state index >= 15 is 0 Å². The minimum Gasteiger partial charge on any atom is -0.496 e. The minimum absolute atomic E-state index is 0.0574. The number of aromatic nitrogens is 2. The van der Waals surface area contributed by atoms with Crippen LogP contribution in [0.3, 0.4) is 0 Å². The molecular formula is C26H25Cl2N3O2. The van der Waals surface area contributed by atoms with Gasteiger partial charge in [0.05, 0.1) is 12.8 Å². The third kappa shape index (κ3) is 5.32. The molecule has 2 heterocycles. The molecular weight excluding hydrogens is 457 g/mol. The number of hydrogen-bond donors (Lipinski definition) is 1. The van der Waals surface area contributed by atoms with Gasteiger partial charge in [-0.2, -0.15) is 0 Å². The largest absolute Gasteiger partial charge is 0.496 e. The predicted octanol–water partition coefficient (Wildman–Crippen LogP) is 5.84. The van der Waals surface area contributed by atoms with Gasteiger partial charge >= 0.3 is 0 Å². The van der Waals surface area contributed by atoms with Crippen LogP contribution in [0, 0.1) is 6.92 Å². The van der Waals surface area contributed by atoms with Crippen molar-refractivity contribution in [3.63, 3.8) is 0 Å². The molecule has 1 atom stereocenters. The lowest BCUT2D eigenvalue weighted by molar-refractivity contribution is -0.121. The molecule has 0 fully saturated rings. The molecule has 0 aliphatic carbocycles. The van der Waals surface area contributed by atoms with E-state index in [-0.39, 0.29) is 18.2 Å². The highest BCUT2D eigenvalue weighted by Gasteiger charge is 2.24. The average molecular weight is 482 g/mol. The molecule has 4 aromatic rings. The number of fused-ring (bicyclic) bond motifs is 1. The first kappa shape index (κ1) is 23.1. The zero-order valence-electron chi connectivity index (χ0n) is 18.5. The third-order valence-electron chi connectivity index (χ3n) is 5.69. The Balaban J connectivity index is 1.56. The molecule has 1 amide bonds. The van der Waals surface area contributed by atoms with Crippen molar-refractivity contribution < 1.29 is 9.53 Å². The van der Waals surface area contributed by atoms with Crippen molar-refractivity contribution >= 4 is 34.8 Å². The molecule has 0 bridgehead atoms. The van der Waals surface area contributed by atoms with E-state index in [1.54, 1.807) is 19.2 Å². The van der Waals surface area contributed by atoms with Gasteiger partial charge in [0, 0.05) is 46.9 Å². The number of aryl methyl sites for hydroxylation is 1. The fraction of sp³-hybridized carbons (Fsp3) is 0.231. The number of halogens is 2. The van der Waals surface area contributed by atoms with Crippen molar-refractivity contribution in [2.45, 2.75) is 25.7 Å². The van der Waals surface area contributed by atoms with E-state index in [1.165, 1.54) is 0 Å². The molecule has 0 saturated carbocycles. The van der Waals surface area contributed by atoms with Crippen molar-refractivity contribution in [1.29, 1.82) is 0 Å². The summed E-state index contributed by atoms with van der Waals surface area (Å²) in [6, 6.07) is 17.2. The fourth-order valence-corrected chi connectivity index (χ4v) is 4.51. The fourth-order valence-electron chi connectivity index (χ4n) is 4.01. The van der Waals surface area contributed by atoms with E-state index in [9.17, 15) is 4.79 Å². The summed E-state index contributed by atoms with van der Waals surface area (Å²) in [6.07, 6.45) is 4.72. The van der Waals surface area contributed by atoms with Crippen LogP contribution >= 0.6 is 23.2 Å². The van der Waals surface area contributed by atoms with Gasteiger partial charge in [0.25, 0.3) is 0 Å². The van der Waals surface area contributed by atoms with Crippen LogP contribution in [0.1, 0.15) is 34.7 Å². The highest BCUT2D eigenvalue weighted by atomic mass is 35.5. The van der Waals surface area contributed by atoms with Crippen LogP contribution < -0.4 is 10.1 Å². The van der Waals surface area contributed by atoms with Crippen molar-refractivity contribution in [1.82, 2.24) is 14.7 Å². The van der Waals surface area contributed by atoms with Crippen LogP contribution in [0.2, 0.25) is 10.0 Å². The maximum atomic E-state index is 13.0. The number of nitrogens with zero attached hydrogens (tertiary/aromatic N) is 2. The first-order valence-electron chi connectivity index (χ1n) is 10.7. The van der Waals surface area contributed by atoms with Crippen LogP contribution in [-0.2, 0) is 11.2 Å². The molecule has 2 aromatic carbocycles. The number of carbonyl (C=O) groups is 1. The second kappa shape index (κ2) is 10.3.